The highest BCUT2D eigenvalue weighted by Crippen LogP contribution is 3.02. The Bertz CT molecular complexity index is 1230. The molecule has 0 radical (unpaired) electrons. The van der Waals surface area contributed by atoms with Crippen LogP contribution in [0.3, 0.4) is 0 Å². The summed E-state index contributed by atoms with van der Waals surface area (Å²) in [7, 11) is -10.9. The number of nitrogens with one attached hydrogen (secondary N) is 1. The molecule has 0 fully saturated rings. The molecule has 0 bridgehead atoms. The van der Waals surface area contributed by atoms with Gasteiger partial charge in [0.1, 0.15) is 22.2 Å². The zero-order chi connectivity index (χ0) is 24.0. The highest BCUT2D eigenvalue weighted by Gasteiger charge is 2.65. The van der Waals surface area contributed by atoms with E-state index < -0.39 is 66.2 Å². The number of hydrogen-bond acceptors (Lipinski definition) is 3. The fraction of sp³-hybridized carbons (Fsp3) is 0.111. The van der Waals surface area contributed by atoms with Crippen LogP contribution < -0.4 is 10.1 Å². The first-order valence-electron chi connectivity index (χ1n) is 8.52. The van der Waals surface area contributed by atoms with Crippen LogP contribution in [-0.2, 0) is 16.4 Å². The molecule has 14 heteroatoms. The molecule has 0 spiro atoms. The van der Waals surface area contributed by atoms with Gasteiger partial charge in [-0.2, -0.15) is 0 Å². The van der Waals surface area contributed by atoms with E-state index in [0.29, 0.717) is 18.3 Å². The maximum absolute atomic E-state index is 14.1. The van der Waals surface area contributed by atoms with E-state index >= 15 is 0 Å². The van der Waals surface area contributed by atoms with Crippen molar-refractivity contribution in [2.75, 3.05) is 11.6 Å². The van der Waals surface area contributed by atoms with E-state index in [9.17, 15) is 32.6 Å². The second-order valence-corrected chi connectivity index (χ2v) is 10.9. The van der Waals surface area contributed by atoms with Crippen LogP contribution in [0.25, 0.3) is 11.3 Å². The van der Waals surface area contributed by atoms with Crippen molar-refractivity contribution in [1.29, 1.82) is 0 Å². The average molecular weight is 503 g/mol. The molecule has 3 rings (SSSR count). The molecule has 174 valence electrons. The number of anilines is 2. The number of rotatable bonds is 6. The molecule has 0 saturated carbocycles. The monoisotopic (exact) mass is 503 g/mol. The van der Waals surface area contributed by atoms with Gasteiger partial charge in [0.25, 0.3) is 0 Å². The Balaban J connectivity index is 2.08. The van der Waals surface area contributed by atoms with Gasteiger partial charge in [0.05, 0.1) is 11.9 Å². The zero-order valence-corrected chi connectivity index (χ0v) is 17.7. The highest BCUT2D eigenvalue weighted by atomic mass is 32.5. The van der Waals surface area contributed by atoms with Crippen molar-refractivity contribution >= 4 is 32.6 Å². The van der Waals surface area contributed by atoms with Gasteiger partial charge < -0.3 is 5.32 Å². The zero-order valence-electron chi connectivity index (χ0n) is 16.1. The van der Waals surface area contributed by atoms with Gasteiger partial charge in [0, 0.05) is 34.3 Å². The minimum Gasteiger partial charge on any atom is -0.324 e. The van der Waals surface area contributed by atoms with Crippen molar-refractivity contribution in [3.05, 3.63) is 65.6 Å². The van der Waals surface area contributed by atoms with Gasteiger partial charge in [0.15, 0.2) is 5.82 Å². The third-order valence-corrected chi connectivity index (χ3v) is 5.91. The Morgan fingerprint density at radius 1 is 0.969 bits per heavy atom. The molecule has 2 aromatic carbocycles. The van der Waals surface area contributed by atoms with Crippen molar-refractivity contribution in [3.8, 4) is 11.3 Å². The molecule has 1 atom stereocenters. The molecule has 1 unspecified atom stereocenters. The Hall–Kier alpha value is -2.74. The van der Waals surface area contributed by atoms with Crippen LogP contribution in [0.2, 0.25) is 0 Å². The molecule has 4 nitrogen and oxygen atoms in total. The summed E-state index contributed by atoms with van der Waals surface area (Å²) in [5, 5.41) is 2.30. The van der Waals surface area contributed by atoms with Crippen molar-refractivity contribution in [1.82, 2.24) is 9.97 Å². The number of hydrogen-bond donors (Lipinski definition) is 2. The van der Waals surface area contributed by atoms with Crippen LogP contribution in [0, 0.1) is 17.5 Å². The smallest absolute Gasteiger partial charge is 0.310 e. The molecule has 3 N–H and O–H groups in total. The normalized spacial score (nSPS) is 15.0. The topological polar surface area (TPSA) is 63.4 Å². The van der Waals surface area contributed by atoms with Gasteiger partial charge in [-0.1, -0.05) is 19.4 Å². The van der Waals surface area contributed by atoms with Gasteiger partial charge in [-0.15, -0.1) is 0 Å². The summed E-state index contributed by atoms with van der Waals surface area (Å²) in [6.45, 7) is 0. The maximum atomic E-state index is 14.1. The predicted molar refractivity (Wildman–Crippen MR) is 107 cm³/mol. The largest absolute Gasteiger partial charge is 0.324 e. The van der Waals surface area contributed by atoms with Crippen molar-refractivity contribution in [3.63, 3.8) is 0 Å². The Morgan fingerprint density at radius 2 is 1.66 bits per heavy atom. The molecule has 3 aromatic rings. The molecule has 0 amide bonds. The van der Waals surface area contributed by atoms with E-state index in [1.807, 2.05) is 0 Å². The number of benzene rings is 2. The third kappa shape index (κ3) is 5.73. The summed E-state index contributed by atoms with van der Waals surface area (Å²) in [5.74, 6) is -3.78. The lowest BCUT2D eigenvalue weighted by molar-refractivity contribution is -0.0751. The van der Waals surface area contributed by atoms with E-state index in [-0.39, 0.29) is 17.4 Å². The minimum atomic E-state index is -10.0. The average Bonchev–Trinajstić information content (AvgIpc) is 2.61. The molecular formula is C18H15F8N4S2+. The number of nitrogens with zero attached hydrogens (tertiary/aromatic N) is 2. The molecular weight excluding hydrogens is 488 g/mol. The lowest BCUT2D eigenvalue weighted by Gasteiger charge is -2.41. The Kier molecular flexibility index (Phi) is 5.53. The van der Waals surface area contributed by atoms with Crippen molar-refractivity contribution in [2.45, 2.75) is 10.6 Å². The van der Waals surface area contributed by atoms with Gasteiger partial charge in [-0.05, 0) is 35.9 Å². The van der Waals surface area contributed by atoms with E-state index in [2.05, 4.69) is 15.3 Å². The van der Waals surface area contributed by atoms with E-state index in [1.165, 1.54) is 6.26 Å². The summed E-state index contributed by atoms with van der Waals surface area (Å²) >= 11 is 0. The maximum Gasteiger partial charge on any atom is 0.310 e. The van der Waals surface area contributed by atoms with Crippen LogP contribution in [0.1, 0.15) is 5.56 Å². The summed E-state index contributed by atoms with van der Waals surface area (Å²) in [4.78, 5) is 5.10. The molecule has 0 aliphatic rings. The van der Waals surface area contributed by atoms with E-state index in [0.717, 1.165) is 18.2 Å². The molecule has 0 aliphatic heterocycles. The number of halogens is 8. The summed E-state index contributed by atoms with van der Waals surface area (Å²) < 4.78 is 114. The lowest BCUT2D eigenvalue weighted by Crippen LogP contribution is -2.34. The fourth-order valence-electron chi connectivity index (χ4n) is 2.73. The lowest BCUT2D eigenvalue weighted by atomic mass is 10.1. The first-order valence-corrected chi connectivity index (χ1v) is 12.3. The first kappa shape index (κ1) is 23.9. The molecule has 0 saturated heterocycles. The number of nitrogens with two attached hydrogens (primary N) is 1. The first-order chi connectivity index (χ1) is 14.5. The van der Waals surface area contributed by atoms with Crippen molar-refractivity contribution < 1.29 is 37.4 Å². The van der Waals surface area contributed by atoms with Crippen LogP contribution in [0.15, 0.2) is 47.5 Å². The van der Waals surface area contributed by atoms with Gasteiger partial charge >= 0.3 is 10.2 Å². The summed E-state index contributed by atoms with van der Waals surface area (Å²) in [5.41, 5.74) is -1.64. The van der Waals surface area contributed by atoms with Crippen LogP contribution in [0.4, 0.5) is 44.2 Å². The van der Waals surface area contributed by atoms with Crippen molar-refractivity contribution in [2.24, 2.45) is 0 Å². The Morgan fingerprint density at radius 3 is 2.25 bits per heavy atom. The quantitative estimate of drug-likeness (QED) is 0.427. The molecule has 32 heavy (non-hydrogen) atoms. The van der Waals surface area contributed by atoms with E-state index in [4.69, 9.17) is 4.78 Å². The fourth-order valence-corrected chi connectivity index (χ4v) is 4.14. The predicted octanol–water partition coefficient (Wildman–Crippen LogP) is 5.65. The molecule has 1 aromatic heterocycles. The van der Waals surface area contributed by atoms with Crippen LogP contribution in [-0.4, -0.2) is 16.2 Å². The van der Waals surface area contributed by atoms with Crippen LogP contribution >= 0.6 is 10.2 Å². The Labute approximate surface area is 179 Å². The minimum absolute atomic E-state index is 0.118. The van der Waals surface area contributed by atoms with Gasteiger partial charge in [0.2, 0.25) is 5.95 Å². The summed E-state index contributed by atoms with van der Waals surface area (Å²) in [6.07, 6.45) is 2.11. The SMILES string of the molecule is CS(=[NH2+])Cc1cc(Nc2ncc(F)c(-c3ccc(F)cc3F)n2)cc(S(F)(F)(F)(F)F)c1. The third-order valence-electron chi connectivity index (χ3n) is 3.99. The number of aromatic nitrogens is 2. The second kappa shape index (κ2) is 7.40. The molecule has 1 heterocycles. The standard InChI is InChI=1S/C18H14F8N4S2/c1-31(27)9-10-4-12(7-13(5-10)32(22,23,24,25)26)29-18-28-8-16(21)17(30-18)14-3-2-11(19)6-15(14)20/h2-8,27H,9H2,1H3,(H,28,29,30)/p+1. The second-order valence-electron chi connectivity index (χ2n) is 6.81. The van der Waals surface area contributed by atoms with Gasteiger partial charge in [-0.25, -0.2) is 27.9 Å². The van der Waals surface area contributed by atoms with Crippen LogP contribution in [0.5, 0.6) is 0 Å². The molecule has 0 aliphatic carbocycles. The summed E-state index contributed by atoms with van der Waals surface area (Å²) in [6, 6.07) is 3.87. The van der Waals surface area contributed by atoms with E-state index in [1.54, 1.807) is 0 Å². The highest BCUT2D eigenvalue weighted by molar-refractivity contribution is 8.45. The van der Waals surface area contributed by atoms with Gasteiger partial charge in [-0.3, -0.25) is 0 Å².